The Labute approximate surface area is 133 Å². The van der Waals surface area contributed by atoms with E-state index in [4.69, 9.17) is 12.2 Å². The maximum Gasteiger partial charge on any atom is 0.195 e. The molecule has 0 atom stereocenters. The molecule has 3 aromatic rings. The third kappa shape index (κ3) is 3.43. The van der Waals surface area contributed by atoms with Gasteiger partial charge in [-0.05, 0) is 24.4 Å². The molecule has 5 heteroatoms. The summed E-state index contributed by atoms with van der Waals surface area (Å²) in [6.45, 7) is 0.832. The lowest BCUT2D eigenvalue weighted by Crippen LogP contribution is -2.03. The lowest BCUT2D eigenvalue weighted by atomic mass is 10.2. The van der Waals surface area contributed by atoms with Crippen molar-refractivity contribution in [2.75, 3.05) is 5.75 Å². The van der Waals surface area contributed by atoms with Gasteiger partial charge in [-0.25, -0.2) is 0 Å². The highest BCUT2D eigenvalue weighted by molar-refractivity contribution is 7.99. The number of aromatic nitrogens is 3. The van der Waals surface area contributed by atoms with Gasteiger partial charge in [0.25, 0.3) is 0 Å². The van der Waals surface area contributed by atoms with Crippen molar-refractivity contribution in [3.8, 4) is 11.4 Å². The van der Waals surface area contributed by atoms with E-state index in [-0.39, 0.29) is 0 Å². The number of aromatic amines is 1. The number of benzene rings is 2. The summed E-state index contributed by atoms with van der Waals surface area (Å²) in [6.07, 6.45) is 0. The molecule has 0 radical (unpaired) electrons. The van der Waals surface area contributed by atoms with Gasteiger partial charge in [0.2, 0.25) is 0 Å². The molecule has 106 valence electrons. The maximum atomic E-state index is 5.34. The number of hydrogen-bond donors (Lipinski definition) is 1. The van der Waals surface area contributed by atoms with Crippen molar-refractivity contribution in [2.45, 2.75) is 11.4 Å². The van der Waals surface area contributed by atoms with Gasteiger partial charge in [-0.15, -0.1) is 11.8 Å². The van der Waals surface area contributed by atoms with Crippen molar-refractivity contribution in [3.05, 3.63) is 65.4 Å². The van der Waals surface area contributed by atoms with Gasteiger partial charge in [0, 0.05) is 22.8 Å². The van der Waals surface area contributed by atoms with Crippen LogP contribution in [-0.2, 0) is 6.54 Å². The van der Waals surface area contributed by atoms with Crippen LogP contribution in [0.25, 0.3) is 11.4 Å². The number of rotatable bonds is 5. The molecule has 3 rings (SSSR count). The quantitative estimate of drug-likeness (QED) is 0.560. The fraction of sp³-hybridized carbons (Fsp3) is 0.125. The van der Waals surface area contributed by atoms with E-state index < -0.39 is 0 Å². The zero-order valence-electron chi connectivity index (χ0n) is 11.4. The Morgan fingerprint density at radius 2 is 1.67 bits per heavy atom. The first-order valence-corrected chi connectivity index (χ1v) is 8.12. The fourth-order valence-electron chi connectivity index (χ4n) is 2.10. The van der Waals surface area contributed by atoms with Crippen molar-refractivity contribution in [1.29, 1.82) is 0 Å². The smallest absolute Gasteiger partial charge is 0.195 e. The van der Waals surface area contributed by atoms with E-state index in [1.807, 2.05) is 48.2 Å². The molecule has 0 amide bonds. The summed E-state index contributed by atoms with van der Waals surface area (Å²) in [5, 5.41) is 7.24. The zero-order valence-corrected chi connectivity index (χ0v) is 13.0. The molecule has 2 aromatic carbocycles. The summed E-state index contributed by atoms with van der Waals surface area (Å²) in [5.74, 6) is 1.85. The van der Waals surface area contributed by atoms with E-state index in [2.05, 4.69) is 39.0 Å². The van der Waals surface area contributed by atoms with Crippen molar-refractivity contribution < 1.29 is 0 Å². The molecule has 0 aliphatic carbocycles. The van der Waals surface area contributed by atoms with E-state index in [0.717, 1.165) is 23.7 Å². The number of nitrogens with one attached hydrogen (secondary N) is 1. The normalized spacial score (nSPS) is 10.7. The van der Waals surface area contributed by atoms with Gasteiger partial charge in [0.15, 0.2) is 10.6 Å². The molecule has 0 saturated carbocycles. The summed E-state index contributed by atoms with van der Waals surface area (Å²) in [7, 11) is 0. The second kappa shape index (κ2) is 6.74. The van der Waals surface area contributed by atoms with E-state index in [9.17, 15) is 0 Å². The second-order valence-electron chi connectivity index (χ2n) is 4.53. The summed E-state index contributed by atoms with van der Waals surface area (Å²) in [4.78, 5) is 1.27. The van der Waals surface area contributed by atoms with Crippen LogP contribution in [0.15, 0.2) is 65.6 Å². The minimum atomic E-state index is 0.669. The summed E-state index contributed by atoms with van der Waals surface area (Å²) in [5.41, 5.74) is 1.08. The topological polar surface area (TPSA) is 33.6 Å². The first-order chi connectivity index (χ1) is 10.3. The largest absolute Gasteiger partial charge is 0.299 e. The predicted octanol–water partition coefficient (Wildman–Crippen LogP) is 4.40. The third-order valence-corrected chi connectivity index (χ3v) is 4.42. The Hall–Kier alpha value is -1.85. The molecule has 0 aliphatic rings. The van der Waals surface area contributed by atoms with Gasteiger partial charge in [0.1, 0.15) is 0 Å². The molecule has 0 spiro atoms. The molecule has 1 N–H and O–H groups in total. The average Bonchev–Trinajstić information content (AvgIpc) is 2.91. The van der Waals surface area contributed by atoms with Crippen LogP contribution in [-0.4, -0.2) is 20.5 Å². The van der Waals surface area contributed by atoms with Crippen molar-refractivity contribution in [2.24, 2.45) is 0 Å². The third-order valence-electron chi connectivity index (χ3n) is 3.12. The molecule has 0 saturated heterocycles. The highest BCUT2D eigenvalue weighted by atomic mass is 32.2. The van der Waals surface area contributed by atoms with Crippen LogP contribution >= 0.6 is 24.0 Å². The van der Waals surface area contributed by atoms with E-state index in [1.54, 1.807) is 0 Å². The van der Waals surface area contributed by atoms with Gasteiger partial charge < -0.3 is 0 Å². The highest BCUT2D eigenvalue weighted by Crippen LogP contribution is 2.20. The lowest BCUT2D eigenvalue weighted by molar-refractivity contribution is 0.764. The molecule has 1 aromatic heterocycles. The number of H-pyrrole nitrogens is 1. The number of hydrogen-bond acceptors (Lipinski definition) is 3. The molecular formula is C16H15N3S2. The highest BCUT2D eigenvalue weighted by Gasteiger charge is 2.08. The minimum Gasteiger partial charge on any atom is -0.299 e. The van der Waals surface area contributed by atoms with E-state index in [0.29, 0.717) is 4.77 Å². The van der Waals surface area contributed by atoms with Gasteiger partial charge in [-0.1, -0.05) is 48.5 Å². The van der Waals surface area contributed by atoms with Gasteiger partial charge in [0.05, 0.1) is 0 Å². The molecule has 0 aliphatic heterocycles. The SMILES string of the molecule is S=c1[nH]nc(-c2ccccc2)n1CCSc1ccccc1. The summed E-state index contributed by atoms with van der Waals surface area (Å²) >= 11 is 7.16. The first kappa shape index (κ1) is 14.1. The number of thioether (sulfide) groups is 1. The molecule has 0 bridgehead atoms. The van der Waals surface area contributed by atoms with Crippen LogP contribution in [0.5, 0.6) is 0 Å². The minimum absolute atomic E-state index is 0.669. The average molecular weight is 313 g/mol. The van der Waals surface area contributed by atoms with Gasteiger partial charge >= 0.3 is 0 Å². The fourth-order valence-corrected chi connectivity index (χ4v) is 3.19. The molecule has 3 nitrogen and oxygen atoms in total. The molecule has 0 unspecified atom stereocenters. The molecule has 21 heavy (non-hydrogen) atoms. The lowest BCUT2D eigenvalue weighted by Gasteiger charge is -2.06. The van der Waals surface area contributed by atoms with Crippen molar-refractivity contribution in [3.63, 3.8) is 0 Å². The monoisotopic (exact) mass is 313 g/mol. The Bertz CT molecular complexity index is 748. The Balaban J connectivity index is 1.74. The Kier molecular flexibility index (Phi) is 4.52. The molecular weight excluding hydrogens is 298 g/mol. The number of nitrogens with zero attached hydrogens (tertiary/aromatic N) is 2. The Morgan fingerprint density at radius 3 is 2.38 bits per heavy atom. The Morgan fingerprint density at radius 1 is 1.00 bits per heavy atom. The van der Waals surface area contributed by atoms with Crippen LogP contribution in [0.1, 0.15) is 0 Å². The van der Waals surface area contributed by atoms with Gasteiger partial charge in [-0.3, -0.25) is 9.67 Å². The van der Waals surface area contributed by atoms with Crippen LogP contribution in [0.3, 0.4) is 0 Å². The van der Waals surface area contributed by atoms with Crippen molar-refractivity contribution in [1.82, 2.24) is 14.8 Å². The molecule has 1 heterocycles. The van der Waals surface area contributed by atoms with Crippen LogP contribution in [0.2, 0.25) is 0 Å². The predicted molar refractivity (Wildman–Crippen MR) is 90.0 cm³/mol. The second-order valence-corrected chi connectivity index (χ2v) is 6.09. The summed E-state index contributed by atoms with van der Waals surface area (Å²) < 4.78 is 2.73. The van der Waals surface area contributed by atoms with Crippen LogP contribution < -0.4 is 0 Å². The van der Waals surface area contributed by atoms with E-state index >= 15 is 0 Å². The van der Waals surface area contributed by atoms with Gasteiger partial charge in [-0.2, -0.15) is 5.10 Å². The van der Waals surface area contributed by atoms with Crippen LogP contribution in [0, 0.1) is 4.77 Å². The van der Waals surface area contributed by atoms with E-state index in [1.165, 1.54) is 4.90 Å². The summed E-state index contributed by atoms with van der Waals surface area (Å²) in [6, 6.07) is 20.5. The van der Waals surface area contributed by atoms with Crippen molar-refractivity contribution >= 4 is 24.0 Å². The zero-order chi connectivity index (χ0) is 14.5. The maximum absolute atomic E-state index is 5.34. The van der Waals surface area contributed by atoms with Crippen LogP contribution in [0.4, 0.5) is 0 Å². The molecule has 0 fully saturated rings. The standard InChI is InChI=1S/C16H15N3S2/c20-16-18-17-15(13-7-3-1-4-8-13)19(16)11-12-21-14-9-5-2-6-10-14/h1-10H,11-12H2,(H,18,20). The first-order valence-electron chi connectivity index (χ1n) is 6.73.